The third kappa shape index (κ3) is 4.95. The molecule has 3 N–H and O–H groups in total. The summed E-state index contributed by atoms with van der Waals surface area (Å²) >= 11 is 1.54. The maximum Gasteiger partial charge on any atom is 0.303 e. The molecule has 0 aliphatic carbocycles. The number of H-pyrrole nitrogens is 1. The molecule has 9 heteroatoms. The molecule has 1 atom stereocenters. The topological polar surface area (TPSA) is 115 Å². The van der Waals surface area contributed by atoms with Crippen LogP contribution < -0.4 is 10.2 Å². The van der Waals surface area contributed by atoms with E-state index in [1.165, 1.54) is 4.90 Å². The Morgan fingerprint density at radius 3 is 2.74 bits per heavy atom. The van der Waals surface area contributed by atoms with Gasteiger partial charge >= 0.3 is 5.97 Å². The molecule has 5 rings (SSSR count). The highest BCUT2D eigenvalue weighted by Crippen LogP contribution is 2.36. The van der Waals surface area contributed by atoms with Crippen LogP contribution in [0.1, 0.15) is 35.6 Å². The molecule has 0 spiro atoms. The van der Waals surface area contributed by atoms with Crippen molar-refractivity contribution in [3.05, 3.63) is 71.1 Å². The summed E-state index contributed by atoms with van der Waals surface area (Å²) in [5, 5.41) is 12.2. The van der Waals surface area contributed by atoms with Gasteiger partial charge in [0.15, 0.2) is 0 Å². The SMILES string of the molecule is O=C(O)CC1CCC(=O)N(CC(=O)NCc2ccc(-c3nc4ccccc4[nH]3)s2)c2ccccc21. The summed E-state index contributed by atoms with van der Waals surface area (Å²) in [5.41, 5.74) is 3.28. The normalized spacial score (nSPS) is 15.6. The zero-order valence-corrected chi connectivity index (χ0v) is 19.7. The van der Waals surface area contributed by atoms with Gasteiger partial charge in [-0.05, 0) is 48.2 Å². The third-order valence-corrected chi connectivity index (χ3v) is 7.23. The number of nitrogens with zero attached hydrogens (tertiary/aromatic N) is 2. The predicted molar refractivity (Wildman–Crippen MR) is 134 cm³/mol. The number of rotatable bonds is 7. The summed E-state index contributed by atoms with van der Waals surface area (Å²) in [4.78, 5) is 48.3. The number of carboxylic acids is 1. The first-order chi connectivity index (χ1) is 17.0. The number of carbonyl (C=O) groups is 3. The summed E-state index contributed by atoms with van der Waals surface area (Å²) in [6, 6.07) is 19.0. The van der Waals surface area contributed by atoms with Crippen LogP contribution in [-0.4, -0.2) is 39.4 Å². The van der Waals surface area contributed by atoms with Crippen molar-refractivity contribution in [2.24, 2.45) is 0 Å². The standard InChI is InChI=1S/C26H24N4O4S/c31-23(15-30-21-8-4-1-5-18(21)16(13-25(33)34)9-12-24(30)32)27-14-17-10-11-22(35-17)26-28-19-6-2-3-7-20(19)29-26/h1-8,10-11,16H,9,12-15H2,(H,27,31)(H,28,29)(H,33,34). The number of imidazole rings is 1. The fraction of sp³-hybridized carbons (Fsp3) is 0.231. The number of aromatic amines is 1. The number of aliphatic carboxylic acids is 1. The number of hydrogen-bond donors (Lipinski definition) is 3. The van der Waals surface area contributed by atoms with Gasteiger partial charge in [0.1, 0.15) is 12.4 Å². The van der Waals surface area contributed by atoms with Crippen LogP contribution >= 0.6 is 11.3 Å². The minimum Gasteiger partial charge on any atom is -0.481 e. The van der Waals surface area contributed by atoms with Crippen LogP contribution in [-0.2, 0) is 20.9 Å². The van der Waals surface area contributed by atoms with Gasteiger partial charge in [0.2, 0.25) is 11.8 Å². The molecule has 0 bridgehead atoms. The molecular formula is C26H24N4O4S. The number of aromatic nitrogens is 2. The Hall–Kier alpha value is -3.98. The Morgan fingerprint density at radius 2 is 1.91 bits per heavy atom. The Balaban J connectivity index is 1.26. The molecule has 8 nitrogen and oxygen atoms in total. The number of hydrogen-bond acceptors (Lipinski definition) is 5. The lowest BCUT2D eigenvalue weighted by molar-refractivity contribution is -0.137. The van der Waals surface area contributed by atoms with E-state index in [0.29, 0.717) is 18.7 Å². The Labute approximate surface area is 205 Å². The molecule has 1 unspecified atom stereocenters. The molecule has 4 aromatic rings. The van der Waals surface area contributed by atoms with Crippen LogP contribution in [0.4, 0.5) is 5.69 Å². The van der Waals surface area contributed by atoms with Crippen LogP contribution in [0, 0.1) is 0 Å². The molecule has 0 radical (unpaired) electrons. The van der Waals surface area contributed by atoms with E-state index in [4.69, 9.17) is 0 Å². The van der Waals surface area contributed by atoms with Gasteiger partial charge in [0.25, 0.3) is 0 Å². The molecule has 1 aliphatic rings. The minimum absolute atomic E-state index is 0.0454. The molecule has 1 aliphatic heterocycles. The van der Waals surface area contributed by atoms with Gasteiger partial charge in [-0.1, -0.05) is 30.3 Å². The highest BCUT2D eigenvalue weighted by Gasteiger charge is 2.30. The smallest absolute Gasteiger partial charge is 0.303 e. The zero-order valence-electron chi connectivity index (χ0n) is 18.9. The van der Waals surface area contributed by atoms with Gasteiger partial charge in [0.05, 0.1) is 28.9 Å². The third-order valence-electron chi connectivity index (χ3n) is 6.14. The molecule has 0 saturated carbocycles. The van der Waals surface area contributed by atoms with Crippen molar-refractivity contribution in [1.29, 1.82) is 0 Å². The second kappa shape index (κ2) is 9.71. The highest BCUT2D eigenvalue weighted by atomic mass is 32.1. The number of para-hydroxylation sites is 3. The first-order valence-corrected chi connectivity index (χ1v) is 12.2. The van der Waals surface area contributed by atoms with Gasteiger partial charge < -0.3 is 20.3 Å². The average molecular weight is 489 g/mol. The summed E-state index contributed by atoms with van der Waals surface area (Å²) in [5.74, 6) is -0.825. The molecule has 0 saturated heterocycles. The second-order valence-corrected chi connectivity index (χ2v) is 9.69. The maximum atomic E-state index is 12.8. The first-order valence-electron chi connectivity index (χ1n) is 11.4. The van der Waals surface area contributed by atoms with Gasteiger partial charge in [-0.25, -0.2) is 4.98 Å². The quantitative estimate of drug-likeness (QED) is 0.359. The molecule has 2 amide bonds. The lowest BCUT2D eigenvalue weighted by Crippen LogP contribution is -2.40. The monoisotopic (exact) mass is 488 g/mol. The van der Waals surface area contributed by atoms with Gasteiger partial charge in [0, 0.05) is 17.0 Å². The molecule has 2 aromatic heterocycles. The van der Waals surface area contributed by atoms with E-state index < -0.39 is 5.97 Å². The van der Waals surface area contributed by atoms with E-state index >= 15 is 0 Å². The number of amides is 2. The predicted octanol–water partition coefficient (Wildman–Crippen LogP) is 4.29. The van der Waals surface area contributed by atoms with Gasteiger partial charge in [-0.2, -0.15) is 0 Å². The van der Waals surface area contributed by atoms with Gasteiger partial charge in [-0.3, -0.25) is 14.4 Å². The zero-order chi connectivity index (χ0) is 24.4. The van der Waals surface area contributed by atoms with E-state index in [2.05, 4.69) is 15.3 Å². The number of carboxylic acid groups (broad SMARTS) is 1. The maximum absolute atomic E-state index is 12.8. The molecule has 35 heavy (non-hydrogen) atoms. The average Bonchev–Trinajstić information content (AvgIpc) is 3.48. The number of carbonyl (C=O) groups excluding carboxylic acids is 2. The van der Waals surface area contributed by atoms with E-state index in [-0.39, 0.29) is 37.1 Å². The summed E-state index contributed by atoms with van der Waals surface area (Å²) < 4.78 is 0. The van der Waals surface area contributed by atoms with E-state index in [1.807, 2.05) is 48.5 Å². The van der Waals surface area contributed by atoms with Crippen LogP contribution in [0.5, 0.6) is 0 Å². The van der Waals surface area contributed by atoms with Crippen LogP contribution in [0.15, 0.2) is 60.7 Å². The summed E-state index contributed by atoms with van der Waals surface area (Å²) in [6.07, 6.45) is 0.599. The summed E-state index contributed by atoms with van der Waals surface area (Å²) in [7, 11) is 0. The van der Waals surface area contributed by atoms with Crippen molar-refractivity contribution in [2.75, 3.05) is 11.4 Å². The number of anilines is 1. The molecule has 178 valence electrons. The van der Waals surface area contributed by atoms with Crippen molar-refractivity contribution in [1.82, 2.24) is 15.3 Å². The largest absolute Gasteiger partial charge is 0.481 e. The number of nitrogens with one attached hydrogen (secondary N) is 2. The van der Waals surface area contributed by atoms with Crippen molar-refractivity contribution >= 4 is 45.8 Å². The fourth-order valence-corrected chi connectivity index (χ4v) is 5.34. The molecule has 0 fully saturated rings. The van der Waals surface area contributed by atoms with Crippen LogP contribution in [0.3, 0.4) is 0 Å². The van der Waals surface area contributed by atoms with E-state index in [0.717, 1.165) is 32.2 Å². The van der Waals surface area contributed by atoms with E-state index in [1.54, 1.807) is 23.5 Å². The first kappa shape index (κ1) is 22.8. The Morgan fingerprint density at radius 1 is 1.11 bits per heavy atom. The fourth-order valence-electron chi connectivity index (χ4n) is 4.45. The second-order valence-electron chi connectivity index (χ2n) is 8.52. The lowest BCUT2D eigenvalue weighted by atomic mass is 9.91. The minimum atomic E-state index is -0.901. The number of thiophene rings is 1. The molecule has 2 aromatic carbocycles. The molecular weight excluding hydrogens is 464 g/mol. The van der Waals surface area contributed by atoms with Crippen molar-refractivity contribution in [3.63, 3.8) is 0 Å². The van der Waals surface area contributed by atoms with Crippen molar-refractivity contribution in [2.45, 2.75) is 31.7 Å². The van der Waals surface area contributed by atoms with Crippen molar-refractivity contribution < 1.29 is 19.5 Å². The van der Waals surface area contributed by atoms with Crippen LogP contribution in [0.2, 0.25) is 0 Å². The highest BCUT2D eigenvalue weighted by molar-refractivity contribution is 7.15. The van der Waals surface area contributed by atoms with Crippen molar-refractivity contribution in [3.8, 4) is 10.7 Å². The van der Waals surface area contributed by atoms with Gasteiger partial charge in [-0.15, -0.1) is 11.3 Å². The van der Waals surface area contributed by atoms with E-state index in [9.17, 15) is 19.5 Å². The lowest BCUT2D eigenvalue weighted by Gasteiger charge is -2.23. The molecule has 3 heterocycles. The Kier molecular flexibility index (Phi) is 6.33. The summed E-state index contributed by atoms with van der Waals surface area (Å²) in [6.45, 7) is 0.229. The Bertz CT molecular complexity index is 1380. The van der Waals surface area contributed by atoms with Crippen LogP contribution in [0.25, 0.3) is 21.7 Å². The number of fused-ring (bicyclic) bond motifs is 2. The number of benzene rings is 2.